The van der Waals surface area contributed by atoms with E-state index in [0.29, 0.717) is 5.76 Å². The molecule has 1 aromatic heterocycles. The molecule has 0 aromatic carbocycles. The SMILES string of the molecule is C/C=C/CCC(C)c1cc(O)c(C(O)=C(C)C(=O)/C=C(\C)CCC)c(=O)o1. The zero-order valence-corrected chi connectivity index (χ0v) is 16.8. The first-order chi connectivity index (χ1) is 12.7. The first-order valence-electron chi connectivity index (χ1n) is 9.32. The van der Waals surface area contributed by atoms with Gasteiger partial charge >= 0.3 is 5.63 Å². The van der Waals surface area contributed by atoms with Crippen LogP contribution < -0.4 is 5.63 Å². The average Bonchev–Trinajstić information content (AvgIpc) is 2.60. The Hall–Kier alpha value is -2.56. The van der Waals surface area contributed by atoms with Crippen LogP contribution in [0.2, 0.25) is 0 Å². The molecule has 5 nitrogen and oxygen atoms in total. The molecule has 0 radical (unpaired) electrons. The van der Waals surface area contributed by atoms with Crippen LogP contribution in [0.3, 0.4) is 0 Å². The third kappa shape index (κ3) is 6.27. The summed E-state index contributed by atoms with van der Waals surface area (Å²) in [4.78, 5) is 24.6. The molecule has 0 saturated heterocycles. The lowest BCUT2D eigenvalue weighted by molar-refractivity contribution is -0.111. The molecule has 0 aliphatic heterocycles. The van der Waals surface area contributed by atoms with Crippen molar-refractivity contribution in [2.24, 2.45) is 0 Å². The van der Waals surface area contributed by atoms with Gasteiger partial charge < -0.3 is 14.6 Å². The Balaban J connectivity index is 3.21. The molecule has 2 N–H and O–H groups in total. The highest BCUT2D eigenvalue weighted by molar-refractivity contribution is 6.08. The summed E-state index contributed by atoms with van der Waals surface area (Å²) in [5, 5.41) is 20.6. The number of hydrogen-bond acceptors (Lipinski definition) is 5. The third-order valence-electron chi connectivity index (χ3n) is 4.42. The molecular weight excluding hydrogens is 344 g/mol. The Morgan fingerprint density at radius 1 is 1.33 bits per heavy atom. The van der Waals surface area contributed by atoms with Crippen molar-refractivity contribution >= 4 is 11.5 Å². The van der Waals surface area contributed by atoms with Gasteiger partial charge in [-0.2, -0.15) is 0 Å². The maximum Gasteiger partial charge on any atom is 0.350 e. The van der Waals surface area contributed by atoms with Crippen LogP contribution in [0.25, 0.3) is 5.76 Å². The number of rotatable bonds is 9. The van der Waals surface area contributed by atoms with Gasteiger partial charge in [-0.15, -0.1) is 0 Å². The Morgan fingerprint density at radius 2 is 2.00 bits per heavy atom. The summed E-state index contributed by atoms with van der Waals surface area (Å²) in [6.07, 6.45) is 8.66. The van der Waals surface area contributed by atoms with Crippen LogP contribution in [0.5, 0.6) is 5.75 Å². The number of hydrogen-bond donors (Lipinski definition) is 2. The van der Waals surface area contributed by atoms with Crippen molar-refractivity contribution in [1.82, 2.24) is 0 Å². The summed E-state index contributed by atoms with van der Waals surface area (Å²) in [5.41, 5.74) is -0.369. The summed E-state index contributed by atoms with van der Waals surface area (Å²) >= 11 is 0. The molecule has 0 spiro atoms. The van der Waals surface area contributed by atoms with Crippen molar-refractivity contribution < 1.29 is 19.4 Å². The molecule has 148 valence electrons. The lowest BCUT2D eigenvalue weighted by Gasteiger charge is -2.11. The van der Waals surface area contributed by atoms with E-state index in [4.69, 9.17) is 4.42 Å². The van der Waals surface area contributed by atoms with Crippen molar-refractivity contribution in [3.8, 4) is 5.75 Å². The van der Waals surface area contributed by atoms with Gasteiger partial charge in [0.25, 0.3) is 0 Å². The highest BCUT2D eigenvalue weighted by Gasteiger charge is 2.21. The molecule has 1 rings (SSSR count). The molecule has 1 aromatic rings. The molecular formula is C22H30O5. The third-order valence-corrected chi connectivity index (χ3v) is 4.42. The maximum atomic E-state index is 12.3. The predicted octanol–water partition coefficient (Wildman–Crippen LogP) is 5.41. The summed E-state index contributed by atoms with van der Waals surface area (Å²) in [5.74, 6) is -1.07. The normalized spacial score (nSPS) is 14.3. The zero-order chi connectivity index (χ0) is 20.6. The van der Waals surface area contributed by atoms with Gasteiger partial charge in [0.1, 0.15) is 22.8 Å². The van der Waals surface area contributed by atoms with Crippen LogP contribution in [0, 0.1) is 0 Å². The number of ketones is 1. The van der Waals surface area contributed by atoms with Crippen LogP contribution in [0.4, 0.5) is 0 Å². The first-order valence-corrected chi connectivity index (χ1v) is 9.32. The zero-order valence-electron chi connectivity index (χ0n) is 16.8. The van der Waals surface area contributed by atoms with Crippen LogP contribution in [0.1, 0.15) is 77.5 Å². The van der Waals surface area contributed by atoms with E-state index < -0.39 is 22.9 Å². The summed E-state index contributed by atoms with van der Waals surface area (Å²) in [6.45, 7) is 9.09. The topological polar surface area (TPSA) is 87.7 Å². The van der Waals surface area contributed by atoms with Crippen LogP contribution in [-0.2, 0) is 4.79 Å². The van der Waals surface area contributed by atoms with E-state index in [2.05, 4.69) is 0 Å². The first kappa shape index (κ1) is 22.5. The van der Waals surface area contributed by atoms with Crippen LogP contribution in [-0.4, -0.2) is 16.0 Å². The molecule has 0 aliphatic rings. The fourth-order valence-electron chi connectivity index (χ4n) is 2.72. The number of aliphatic hydroxyl groups is 1. The molecule has 27 heavy (non-hydrogen) atoms. The minimum atomic E-state index is -0.859. The van der Waals surface area contributed by atoms with Crippen molar-refractivity contribution in [2.45, 2.75) is 66.2 Å². The van der Waals surface area contributed by atoms with Gasteiger partial charge in [0.2, 0.25) is 0 Å². The molecule has 0 bridgehead atoms. The van der Waals surface area contributed by atoms with Crippen LogP contribution >= 0.6 is 0 Å². The van der Waals surface area contributed by atoms with E-state index >= 15 is 0 Å². The molecule has 5 heteroatoms. The van der Waals surface area contributed by atoms with Gasteiger partial charge in [-0.3, -0.25) is 4.79 Å². The number of carbonyl (C=O) groups is 1. The van der Waals surface area contributed by atoms with Crippen molar-refractivity contribution in [3.05, 3.63) is 57.2 Å². The van der Waals surface area contributed by atoms with Gasteiger partial charge in [-0.25, -0.2) is 4.79 Å². The minimum absolute atomic E-state index is 0.0121. The molecule has 1 unspecified atom stereocenters. The second-order valence-corrected chi connectivity index (χ2v) is 6.82. The fraction of sp³-hybridized carbons (Fsp3) is 0.455. The predicted molar refractivity (Wildman–Crippen MR) is 108 cm³/mol. The van der Waals surface area contributed by atoms with Gasteiger partial charge in [0.05, 0.1) is 0 Å². The monoisotopic (exact) mass is 374 g/mol. The van der Waals surface area contributed by atoms with E-state index in [1.165, 1.54) is 19.1 Å². The quantitative estimate of drug-likeness (QED) is 0.343. The lowest BCUT2D eigenvalue weighted by Crippen LogP contribution is -2.12. The van der Waals surface area contributed by atoms with E-state index in [9.17, 15) is 19.8 Å². The van der Waals surface area contributed by atoms with Gasteiger partial charge in [-0.05, 0) is 46.1 Å². The number of aliphatic hydroxyl groups excluding tert-OH is 1. The van der Waals surface area contributed by atoms with E-state index in [0.717, 1.165) is 31.3 Å². The number of carbonyl (C=O) groups excluding carboxylic acids is 1. The number of allylic oxidation sites excluding steroid dienone is 5. The average molecular weight is 374 g/mol. The molecule has 1 atom stereocenters. The van der Waals surface area contributed by atoms with Gasteiger partial charge in [0.15, 0.2) is 5.78 Å². The standard InChI is InChI=1S/C22H30O5/c1-6-8-9-11-15(4)19-13-18(24)20(22(26)27-19)21(25)16(5)17(23)12-14(3)10-7-2/h6,8,12-13,15,24-25H,7,9-11H2,1-5H3/b8-6+,14-12+,21-16?. The maximum absolute atomic E-state index is 12.3. The smallest absolute Gasteiger partial charge is 0.350 e. The summed E-state index contributed by atoms with van der Waals surface area (Å²) < 4.78 is 5.29. The van der Waals surface area contributed by atoms with Crippen molar-refractivity contribution in [2.75, 3.05) is 0 Å². The lowest BCUT2D eigenvalue weighted by atomic mass is 10.00. The summed E-state index contributed by atoms with van der Waals surface area (Å²) in [7, 11) is 0. The minimum Gasteiger partial charge on any atom is -0.507 e. The highest BCUT2D eigenvalue weighted by Crippen LogP contribution is 2.28. The molecule has 1 heterocycles. The second kappa shape index (κ2) is 10.6. The van der Waals surface area contributed by atoms with E-state index in [1.54, 1.807) is 0 Å². The largest absolute Gasteiger partial charge is 0.507 e. The fourth-order valence-corrected chi connectivity index (χ4v) is 2.72. The second-order valence-electron chi connectivity index (χ2n) is 6.82. The highest BCUT2D eigenvalue weighted by atomic mass is 16.4. The van der Waals surface area contributed by atoms with Gasteiger partial charge in [0, 0.05) is 17.6 Å². The Labute approximate surface area is 160 Å². The Kier molecular flexibility index (Phi) is 8.79. The molecule has 0 amide bonds. The Morgan fingerprint density at radius 3 is 2.56 bits per heavy atom. The van der Waals surface area contributed by atoms with Gasteiger partial charge in [-0.1, -0.05) is 38.0 Å². The number of aromatic hydroxyl groups is 1. The molecule has 0 aliphatic carbocycles. The van der Waals surface area contributed by atoms with Crippen molar-refractivity contribution in [1.29, 1.82) is 0 Å². The Bertz CT molecular complexity index is 808. The van der Waals surface area contributed by atoms with Crippen LogP contribution in [0.15, 0.2) is 44.7 Å². The molecule has 0 fully saturated rings. The van der Waals surface area contributed by atoms with E-state index in [-0.39, 0.29) is 17.1 Å². The van der Waals surface area contributed by atoms with Crippen molar-refractivity contribution in [3.63, 3.8) is 0 Å². The summed E-state index contributed by atoms with van der Waals surface area (Å²) in [6, 6.07) is 1.34. The van der Waals surface area contributed by atoms with E-state index in [1.807, 2.05) is 39.8 Å². The molecule has 0 saturated carbocycles.